The van der Waals surface area contributed by atoms with Gasteiger partial charge in [0.1, 0.15) is 6.54 Å². The fourth-order valence-corrected chi connectivity index (χ4v) is 3.67. The Labute approximate surface area is 188 Å². The number of amides is 1. The molecule has 0 fully saturated rings. The number of hydrogen-bond donors (Lipinski definition) is 1. The summed E-state index contributed by atoms with van der Waals surface area (Å²) in [7, 11) is -0.389. The molecular weight excluding hydrogens is 469 g/mol. The molecule has 33 heavy (non-hydrogen) atoms. The number of carbonyl (C=O) groups excluding carboxylic acids is 2. The number of benzene rings is 2. The Kier molecular flexibility index (Phi) is 7.80. The maximum Gasteiger partial charge on any atom is 0.416 e. The van der Waals surface area contributed by atoms with Crippen LogP contribution in [-0.2, 0) is 25.7 Å². The number of hydrogen-bond acceptors (Lipinski definition) is 7. The zero-order valence-electron chi connectivity index (χ0n) is 18.0. The van der Waals surface area contributed by atoms with E-state index in [-0.39, 0.29) is 28.4 Å². The lowest BCUT2D eigenvalue weighted by Gasteiger charge is -2.23. The lowest BCUT2D eigenvalue weighted by Crippen LogP contribution is -2.37. The van der Waals surface area contributed by atoms with Gasteiger partial charge in [0.15, 0.2) is 11.5 Å². The van der Waals surface area contributed by atoms with Crippen molar-refractivity contribution >= 4 is 33.3 Å². The lowest BCUT2D eigenvalue weighted by atomic mass is 10.1. The molecule has 0 unspecified atom stereocenters. The summed E-state index contributed by atoms with van der Waals surface area (Å²) < 4.78 is 79.1. The molecule has 0 aliphatic carbocycles. The quantitative estimate of drug-likeness (QED) is 0.567. The van der Waals surface area contributed by atoms with Crippen molar-refractivity contribution < 1.29 is 45.4 Å². The predicted octanol–water partition coefficient (Wildman–Crippen LogP) is 2.91. The van der Waals surface area contributed by atoms with Crippen LogP contribution in [0.5, 0.6) is 11.5 Å². The Morgan fingerprint density at radius 3 is 2.15 bits per heavy atom. The molecule has 0 heterocycles. The number of rotatable bonds is 8. The molecular formula is C20H21F3N2O7S. The zero-order chi connectivity index (χ0) is 25.0. The normalized spacial score (nSPS) is 11.5. The van der Waals surface area contributed by atoms with E-state index in [1.54, 1.807) is 0 Å². The van der Waals surface area contributed by atoms with Crippen LogP contribution in [0.4, 0.5) is 24.5 Å². The van der Waals surface area contributed by atoms with E-state index >= 15 is 0 Å². The van der Waals surface area contributed by atoms with E-state index in [2.05, 4.69) is 10.1 Å². The molecule has 0 aromatic heterocycles. The van der Waals surface area contributed by atoms with Gasteiger partial charge in [0.05, 0.1) is 50.1 Å². The maximum absolute atomic E-state index is 13.1. The molecule has 0 radical (unpaired) electrons. The monoisotopic (exact) mass is 490 g/mol. The van der Waals surface area contributed by atoms with Crippen LogP contribution in [0.15, 0.2) is 36.4 Å². The summed E-state index contributed by atoms with van der Waals surface area (Å²) in [6.45, 7) is -0.866. The molecule has 2 rings (SSSR count). The molecule has 2 aromatic carbocycles. The van der Waals surface area contributed by atoms with Crippen molar-refractivity contribution in [3.63, 3.8) is 0 Å². The largest absolute Gasteiger partial charge is 0.493 e. The lowest BCUT2D eigenvalue weighted by molar-refractivity contribution is -0.137. The number of nitrogens with zero attached hydrogens (tertiary/aromatic N) is 1. The molecule has 0 spiro atoms. The minimum absolute atomic E-state index is 0.0815. The van der Waals surface area contributed by atoms with Gasteiger partial charge < -0.3 is 19.5 Å². The molecule has 1 amide bonds. The summed E-state index contributed by atoms with van der Waals surface area (Å²) in [5.74, 6) is -1.45. The zero-order valence-corrected chi connectivity index (χ0v) is 18.8. The van der Waals surface area contributed by atoms with E-state index < -0.39 is 40.2 Å². The number of carbonyl (C=O) groups is 2. The molecule has 13 heteroatoms. The number of methoxy groups -OCH3 is 3. The highest BCUT2D eigenvalue weighted by Crippen LogP contribution is 2.34. The standard InChI is InChI=1S/C20H21F3N2O7S/c1-30-16-9-14(19(27)32-3)15(10-17(16)31-2)24-18(26)11-25(33(4,28)29)13-7-5-6-12(8-13)20(21,22)23/h5-10H,11H2,1-4H3,(H,24,26). The third kappa shape index (κ3) is 6.28. The molecule has 2 aromatic rings. The Morgan fingerprint density at radius 2 is 1.64 bits per heavy atom. The highest BCUT2D eigenvalue weighted by Gasteiger charge is 2.32. The van der Waals surface area contributed by atoms with Gasteiger partial charge >= 0.3 is 12.1 Å². The number of esters is 1. The summed E-state index contributed by atoms with van der Waals surface area (Å²) in [5.41, 5.74) is -1.64. The van der Waals surface area contributed by atoms with E-state index in [0.29, 0.717) is 10.4 Å². The smallest absolute Gasteiger partial charge is 0.416 e. The third-order valence-corrected chi connectivity index (χ3v) is 5.49. The van der Waals surface area contributed by atoms with Crippen LogP contribution in [0.3, 0.4) is 0 Å². The Balaban J connectivity index is 2.42. The van der Waals surface area contributed by atoms with Crippen LogP contribution < -0.4 is 19.1 Å². The topological polar surface area (TPSA) is 111 Å². The number of alkyl halides is 3. The minimum atomic E-state index is -4.71. The molecule has 0 aliphatic heterocycles. The van der Waals surface area contributed by atoms with Crippen molar-refractivity contribution in [2.45, 2.75) is 6.18 Å². The first-order chi connectivity index (χ1) is 15.3. The number of ether oxygens (including phenoxy) is 3. The Morgan fingerprint density at radius 1 is 1.03 bits per heavy atom. The molecule has 0 aliphatic rings. The second-order valence-electron chi connectivity index (χ2n) is 6.61. The molecule has 0 bridgehead atoms. The van der Waals surface area contributed by atoms with Gasteiger partial charge in [-0.05, 0) is 18.2 Å². The fourth-order valence-electron chi connectivity index (χ4n) is 2.82. The van der Waals surface area contributed by atoms with Gasteiger partial charge in [-0.1, -0.05) is 6.07 Å². The highest BCUT2D eigenvalue weighted by atomic mass is 32.2. The van der Waals surface area contributed by atoms with Crippen molar-refractivity contribution in [2.75, 3.05) is 43.8 Å². The van der Waals surface area contributed by atoms with E-state index in [0.717, 1.165) is 31.6 Å². The van der Waals surface area contributed by atoms with Crippen molar-refractivity contribution in [1.82, 2.24) is 0 Å². The Bertz CT molecular complexity index is 1150. The van der Waals surface area contributed by atoms with E-state index in [1.165, 1.54) is 26.4 Å². The van der Waals surface area contributed by atoms with Gasteiger partial charge in [-0.15, -0.1) is 0 Å². The number of nitrogens with one attached hydrogen (secondary N) is 1. The molecule has 0 atom stereocenters. The second-order valence-corrected chi connectivity index (χ2v) is 8.52. The molecule has 0 saturated carbocycles. The van der Waals surface area contributed by atoms with Gasteiger partial charge in [0.2, 0.25) is 15.9 Å². The first kappa shape index (κ1) is 25.8. The van der Waals surface area contributed by atoms with Gasteiger partial charge in [0.25, 0.3) is 0 Å². The first-order valence-corrected chi connectivity index (χ1v) is 11.0. The van der Waals surface area contributed by atoms with Gasteiger partial charge in [-0.2, -0.15) is 13.2 Å². The van der Waals surface area contributed by atoms with E-state index in [9.17, 15) is 31.2 Å². The van der Waals surface area contributed by atoms with Crippen LogP contribution in [0.1, 0.15) is 15.9 Å². The van der Waals surface area contributed by atoms with Gasteiger partial charge in [-0.25, -0.2) is 13.2 Å². The van der Waals surface area contributed by atoms with E-state index in [4.69, 9.17) is 9.47 Å². The molecule has 0 saturated heterocycles. The van der Waals surface area contributed by atoms with Crippen molar-refractivity contribution in [3.8, 4) is 11.5 Å². The molecule has 180 valence electrons. The number of halogens is 3. The Hall–Kier alpha value is -3.48. The summed E-state index contributed by atoms with van der Waals surface area (Å²) in [6, 6.07) is 6.05. The SMILES string of the molecule is COC(=O)c1cc(OC)c(OC)cc1NC(=O)CN(c1cccc(C(F)(F)F)c1)S(C)(=O)=O. The van der Waals surface area contributed by atoms with Crippen molar-refractivity contribution in [1.29, 1.82) is 0 Å². The predicted molar refractivity (Wildman–Crippen MR) is 113 cm³/mol. The van der Waals surface area contributed by atoms with Gasteiger partial charge in [0, 0.05) is 12.1 Å². The number of sulfonamides is 1. The number of anilines is 2. The van der Waals surface area contributed by atoms with Crippen LogP contribution in [-0.4, -0.2) is 54.4 Å². The third-order valence-electron chi connectivity index (χ3n) is 4.35. The highest BCUT2D eigenvalue weighted by molar-refractivity contribution is 7.92. The molecule has 1 N–H and O–H groups in total. The fraction of sp³-hybridized carbons (Fsp3) is 0.300. The summed E-state index contributed by atoms with van der Waals surface area (Å²) in [4.78, 5) is 24.8. The maximum atomic E-state index is 13.1. The first-order valence-electron chi connectivity index (χ1n) is 9.11. The van der Waals surface area contributed by atoms with Gasteiger partial charge in [-0.3, -0.25) is 9.10 Å². The molecule has 9 nitrogen and oxygen atoms in total. The average Bonchev–Trinajstić information content (AvgIpc) is 2.75. The minimum Gasteiger partial charge on any atom is -0.493 e. The summed E-state index contributed by atoms with van der Waals surface area (Å²) >= 11 is 0. The van der Waals surface area contributed by atoms with Crippen LogP contribution >= 0.6 is 0 Å². The van der Waals surface area contributed by atoms with Crippen molar-refractivity contribution in [3.05, 3.63) is 47.5 Å². The summed E-state index contributed by atoms with van der Waals surface area (Å²) in [5, 5.41) is 2.37. The second kappa shape index (κ2) is 9.98. The van der Waals surface area contributed by atoms with Crippen LogP contribution in [0.25, 0.3) is 0 Å². The van der Waals surface area contributed by atoms with Crippen LogP contribution in [0.2, 0.25) is 0 Å². The summed E-state index contributed by atoms with van der Waals surface area (Å²) in [6.07, 6.45) is -3.96. The average molecular weight is 490 g/mol. The van der Waals surface area contributed by atoms with Crippen molar-refractivity contribution in [2.24, 2.45) is 0 Å². The van der Waals surface area contributed by atoms with E-state index in [1.807, 2.05) is 0 Å². The van der Waals surface area contributed by atoms with Crippen LogP contribution in [0, 0.1) is 0 Å².